The Hall–Kier alpha value is -2.26. The lowest BCUT2D eigenvalue weighted by atomic mass is 9.78. The Morgan fingerprint density at radius 1 is 1.11 bits per heavy atom. The van der Waals surface area contributed by atoms with Crippen molar-refractivity contribution in [3.8, 4) is 0 Å². The Labute approximate surface area is 165 Å². The van der Waals surface area contributed by atoms with Crippen molar-refractivity contribution in [3.05, 3.63) is 70.9 Å². The maximum atomic E-state index is 13.2. The van der Waals surface area contributed by atoms with Crippen molar-refractivity contribution in [2.75, 3.05) is 6.54 Å². The van der Waals surface area contributed by atoms with E-state index in [4.69, 9.17) is 11.6 Å². The Morgan fingerprint density at radius 3 is 2.56 bits per heavy atom. The third kappa shape index (κ3) is 3.37. The number of aromatic nitrogens is 1. The summed E-state index contributed by atoms with van der Waals surface area (Å²) >= 11 is 6.04. The molecule has 0 bridgehead atoms. The zero-order valence-corrected chi connectivity index (χ0v) is 16.4. The van der Waals surface area contributed by atoms with Crippen molar-refractivity contribution in [2.45, 2.75) is 44.6 Å². The molecule has 1 N–H and O–H groups in total. The highest BCUT2D eigenvalue weighted by Gasteiger charge is 2.42. The van der Waals surface area contributed by atoms with E-state index in [1.165, 1.54) is 16.6 Å². The Balaban J connectivity index is 1.49. The molecule has 140 valence electrons. The molecular weight excluding hydrogens is 356 g/mol. The van der Waals surface area contributed by atoms with Crippen molar-refractivity contribution in [1.82, 2.24) is 9.88 Å². The fourth-order valence-electron chi connectivity index (χ4n) is 4.49. The molecule has 1 aliphatic rings. The van der Waals surface area contributed by atoms with Crippen LogP contribution in [-0.4, -0.2) is 17.0 Å². The summed E-state index contributed by atoms with van der Waals surface area (Å²) in [6.07, 6.45) is 4.01. The van der Waals surface area contributed by atoms with Gasteiger partial charge >= 0.3 is 0 Å². The van der Waals surface area contributed by atoms with Gasteiger partial charge in [0.15, 0.2) is 0 Å². The van der Waals surface area contributed by atoms with Crippen molar-refractivity contribution in [3.63, 3.8) is 0 Å². The molecule has 0 atom stereocenters. The number of para-hydroxylation sites is 1. The van der Waals surface area contributed by atoms with E-state index in [0.717, 1.165) is 37.8 Å². The van der Waals surface area contributed by atoms with E-state index in [-0.39, 0.29) is 5.91 Å². The van der Waals surface area contributed by atoms with Gasteiger partial charge in [-0.15, -0.1) is 0 Å². The topological polar surface area (TPSA) is 34.0 Å². The minimum absolute atomic E-state index is 0.149. The minimum atomic E-state index is -0.404. The number of fused-ring (bicyclic) bond motifs is 1. The SMILES string of the molecule is Cc1cc2ccccc2n1CCNC(=O)C1(c2ccc(Cl)cc2)CCCC1. The Kier molecular flexibility index (Phi) is 4.96. The van der Waals surface area contributed by atoms with E-state index in [0.29, 0.717) is 11.6 Å². The Bertz CT molecular complexity index is 952. The van der Waals surface area contributed by atoms with E-state index in [1.807, 2.05) is 24.3 Å². The van der Waals surface area contributed by atoms with E-state index in [2.05, 4.69) is 47.1 Å². The van der Waals surface area contributed by atoms with Crippen LogP contribution in [0, 0.1) is 6.92 Å². The second-order valence-electron chi connectivity index (χ2n) is 7.55. The lowest BCUT2D eigenvalue weighted by Crippen LogP contribution is -2.43. The number of benzene rings is 2. The molecule has 2 aromatic carbocycles. The highest BCUT2D eigenvalue weighted by Crippen LogP contribution is 2.41. The van der Waals surface area contributed by atoms with Gasteiger partial charge in [-0.1, -0.05) is 54.8 Å². The van der Waals surface area contributed by atoms with Gasteiger partial charge in [-0.2, -0.15) is 0 Å². The molecule has 4 heteroatoms. The highest BCUT2D eigenvalue weighted by molar-refractivity contribution is 6.30. The van der Waals surface area contributed by atoms with E-state index >= 15 is 0 Å². The molecule has 1 aromatic heterocycles. The largest absolute Gasteiger partial charge is 0.354 e. The van der Waals surface area contributed by atoms with Crippen molar-refractivity contribution in [1.29, 1.82) is 0 Å². The monoisotopic (exact) mass is 380 g/mol. The Morgan fingerprint density at radius 2 is 1.81 bits per heavy atom. The number of nitrogens with one attached hydrogen (secondary N) is 1. The van der Waals surface area contributed by atoms with Crippen LogP contribution < -0.4 is 5.32 Å². The van der Waals surface area contributed by atoms with Crippen LogP contribution in [0.4, 0.5) is 0 Å². The van der Waals surface area contributed by atoms with Gasteiger partial charge in [0.2, 0.25) is 5.91 Å². The number of rotatable bonds is 5. The van der Waals surface area contributed by atoms with Crippen LogP contribution in [0.2, 0.25) is 5.02 Å². The van der Waals surface area contributed by atoms with Crippen LogP contribution in [0.1, 0.15) is 36.9 Å². The molecule has 0 radical (unpaired) electrons. The third-order valence-corrected chi connectivity index (χ3v) is 6.18. The maximum absolute atomic E-state index is 13.2. The van der Waals surface area contributed by atoms with E-state index in [9.17, 15) is 4.79 Å². The molecule has 1 fully saturated rings. The summed E-state index contributed by atoms with van der Waals surface area (Å²) in [4.78, 5) is 13.2. The fourth-order valence-corrected chi connectivity index (χ4v) is 4.62. The second-order valence-corrected chi connectivity index (χ2v) is 7.98. The van der Waals surface area contributed by atoms with Crippen molar-refractivity contribution in [2.24, 2.45) is 0 Å². The molecule has 1 heterocycles. The predicted octanol–water partition coefficient (Wildman–Crippen LogP) is 5.23. The average Bonchev–Trinajstić information content (AvgIpc) is 3.28. The first-order chi connectivity index (χ1) is 13.1. The summed E-state index contributed by atoms with van der Waals surface area (Å²) in [5.74, 6) is 0.149. The average molecular weight is 381 g/mol. The van der Waals surface area contributed by atoms with Gasteiger partial charge in [0.25, 0.3) is 0 Å². The highest BCUT2D eigenvalue weighted by atomic mass is 35.5. The number of halogens is 1. The summed E-state index contributed by atoms with van der Waals surface area (Å²) in [7, 11) is 0. The number of hydrogen-bond acceptors (Lipinski definition) is 1. The first-order valence-corrected chi connectivity index (χ1v) is 10.1. The minimum Gasteiger partial charge on any atom is -0.354 e. The summed E-state index contributed by atoms with van der Waals surface area (Å²) in [6.45, 7) is 3.53. The number of carbonyl (C=O) groups excluding carboxylic acids is 1. The van der Waals surface area contributed by atoms with Gasteiger partial charge < -0.3 is 9.88 Å². The first kappa shape index (κ1) is 18.1. The fraction of sp³-hybridized carbons (Fsp3) is 0.348. The summed E-state index contributed by atoms with van der Waals surface area (Å²) < 4.78 is 2.28. The van der Waals surface area contributed by atoms with E-state index < -0.39 is 5.41 Å². The van der Waals surface area contributed by atoms with Crippen LogP contribution >= 0.6 is 11.6 Å². The number of nitrogens with zero attached hydrogens (tertiary/aromatic N) is 1. The molecule has 27 heavy (non-hydrogen) atoms. The molecular formula is C23H25ClN2O. The van der Waals surface area contributed by atoms with Crippen molar-refractivity contribution >= 4 is 28.4 Å². The van der Waals surface area contributed by atoms with Crippen LogP contribution in [0.25, 0.3) is 10.9 Å². The number of carbonyl (C=O) groups is 1. The summed E-state index contributed by atoms with van der Waals surface area (Å²) in [6, 6.07) is 18.4. The number of amides is 1. The van der Waals surface area contributed by atoms with Crippen molar-refractivity contribution < 1.29 is 4.79 Å². The molecule has 3 nitrogen and oxygen atoms in total. The lowest BCUT2D eigenvalue weighted by molar-refractivity contribution is -0.126. The number of aryl methyl sites for hydroxylation is 1. The zero-order valence-electron chi connectivity index (χ0n) is 15.7. The normalized spacial score (nSPS) is 15.9. The molecule has 0 aliphatic heterocycles. The quantitative estimate of drug-likeness (QED) is 0.646. The second kappa shape index (κ2) is 7.40. The maximum Gasteiger partial charge on any atom is 0.230 e. The summed E-state index contributed by atoms with van der Waals surface area (Å²) in [5.41, 5.74) is 3.12. The molecule has 0 spiro atoms. The third-order valence-electron chi connectivity index (χ3n) is 5.93. The summed E-state index contributed by atoms with van der Waals surface area (Å²) in [5, 5.41) is 5.17. The molecule has 1 saturated carbocycles. The molecule has 3 aromatic rings. The molecule has 4 rings (SSSR count). The van der Waals surface area contributed by atoms with Crippen LogP contribution in [-0.2, 0) is 16.8 Å². The number of hydrogen-bond donors (Lipinski definition) is 1. The van der Waals surface area contributed by atoms with Gasteiger partial charge in [0, 0.05) is 29.3 Å². The van der Waals surface area contributed by atoms with Gasteiger partial charge in [-0.05, 0) is 55.0 Å². The van der Waals surface area contributed by atoms with Crippen LogP contribution in [0.5, 0.6) is 0 Å². The first-order valence-electron chi connectivity index (χ1n) is 9.69. The van der Waals surface area contributed by atoms with Crippen LogP contribution in [0.15, 0.2) is 54.6 Å². The molecule has 0 saturated heterocycles. The standard InChI is InChI=1S/C23H25ClN2O/c1-17-16-18-6-2-3-7-21(18)26(17)15-14-25-22(27)23(12-4-5-13-23)19-8-10-20(24)11-9-19/h2-3,6-11,16H,4-5,12-15H2,1H3,(H,25,27). The zero-order chi connectivity index (χ0) is 18.9. The van der Waals surface area contributed by atoms with Gasteiger partial charge in [0.05, 0.1) is 5.41 Å². The van der Waals surface area contributed by atoms with Gasteiger partial charge in [0.1, 0.15) is 0 Å². The van der Waals surface area contributed by atoms with Gasteiger partial charge in [-0.25, -0.2) is 0 Å². The molecule has 0 unspecified atom stereocenters. The van der Waals surface area contributed by atoms with Crippen LogP contribution in [0.3, 0.4) is 0 Å². The van der Waals surface area contributed by atoms with Gasteiger partial charge in [-0.3, -0.25) is 4.79 Å². The molecule has 1 amide bonds. The molecule has 1 aliphatic carbocycles. The lowest BCUT2D eigenvalue weighted by Gasteiger charge is -2.28. The predicted molar refractivity (Wildman–Crippen MR) is 111 cm³/mol. The van der Waals surface area contributed by atoms with E-state index in [1.54, 1.807) is 0 Å². The smallest absolute Gasteiger partial charge is 0.230 e.